The van der Waals surface area contributed by atoms with Crippen LogP contribution in [0.1, 0.15) is 25.1 Å². The van der Waals surface area contributed by atoms with E-state index in [-0.39, 0.29) is 5.54 Å². The standard InChI is InChI=1S/C13H18N2/c1-9-12(13(2,3)14)10-7-5-6-8-11(10)15(9)4/h5-8H,14H2,1-4H3. The lowest BCUT2D eigenvalue weighted by Crippen LogP contribution is -2.29. The van der Waals surface area contributed by atoms with Gasteiger partial charge >= 0.3 is 0 Å². The highest BCUT2D eigenvalue weighted by Gasteiger charge is 2.22. The number of benzene rings is 1. The third-order valence-corrected chi connectivity index (χ3v) is 3.04. The second kappa shape index (κ2) is 3.11. The molecule has 0 atom stereocenters. The summed E-state index contributed by atoms with van der Waals surface area (Å²) in [5.74, 6) is 0. The lowest BCUT2D eigenvalue weighted by atomic mass is 9.93. The summed E-state index contributed by atoms with van der Waals surface area (Å²) in [6.45, 7) is 6.24. The molecule has 0 bridgehead atoms. The first kappa shape index (κ1) is 10.2. The number of nitrogens with zero attached hydrogens (tertiary/aromatic N) is 1. The number of nitrogens with two attached hydrogens (primary N) is 1. The average Bonchev–Trinajstić information content (AvgIpc) is 2.39. The quantitative estimate of drug-likeness (QED) is 0.757. The lowest BCUT2D eigenvalue weighted by molar-refractivity contribution is 0.552. The fourth-order valence-electron chi connectivity index (χ4n) is 2.33. The molecule has 0 unspecified atom stereocenters. The van der Waals surface area contributed by atoms with Gasteiger partial charge < -0.3 is 10.3 Å². The zero-order chi connectivity index (χ0) is 11.2. The van der Waals surface area contributed by atoms with Gasteiger partial charge in [0.15, 0.2) is 0 Å². The molecular weight excluding hydrogens is 184 g/mol. The van der Waals surface area contributed by atoms with E-state index < -0.39 is 0 Å². The summed E-state index contributed by atoms with van der Waals surface area (Å²) in [6.07, 6.45) is 0. The van der Waals surface area contributed by atoms with Crippen molar-refractivity contribution in [2.24, 2.45) is 12.8 Å². The Labute approximate surface area is 90.7 Å². The number of hydrogen-bond acceptors (Lipinski definition) is 1. The fraction of sp³-hybridized carbons (Fsp3) is 0.385. The second-order valence-electron chi connectivity index (χ2n) is 4.76. The summed E-state index contributed by atoms with van der Waals surface area (Å²) < 4.78 is 2.21. The van der Waals surface area contributed by atoms with E-state index in [2.05, 4.69) is 56.7 Å². The molecular formula is C13H18N2. The summed E-state index contributed by atoms with van der Waals surface area (Å²) in [5, 5.41) is 1.27. The van der Waals surface area contributed by atoms with Crippen LogP contribution in [-0.4, -0.2) is 4.57 Å². The minimum absolute atomic E-state index is 0.287. The van der Waals surface area contributed by atoms with Crippen molar-refractivity contribution in [1.82, 2.24) is 4.57 Å². The zero-order valence-electron chi connectivity index (χ0n) is 9.83. The molecule has 2 rings (SSSR count). The van der Waals surface area contributed by atoms with Gasteiger partial charge in [0.25, 0.3) is 0 Å². The molecule has 0 aliphatic carbocycles. The van der Waals surface area contributed by atoms with E-state index in [1.54, 1.807) is 0 Å². The molecule has 15 heavy (non-hydrogen) atoms. The normalized spacial score (nSPS) is 12.3. The van der Waals surface area contributed by atoms with Crippen LogP contribution in [0, 0.1) is 6.92 Å². The summed E-state index contributed by atoms with van der Waals surface area (Å²) in [6, 6.07) is 8.41. The number of rotatable bonds is 1. The van der Waals surface area contributed by atoms with Gasteiger partial charge in [-0.25, -0.2) is 0 Å². The summed E-state index contributed by atoms with van der Waals surface area (Å²) in [4.78, 5) is 0. The molecule has 0 radical (unpaired) electrons. The van der Waals surface area contributed by atoms with Gasteiger partial charge in [-0.2, -0.15) is 0 Å². The third-order valence-electron chi connectivity index (χ3n) is 3.04. The molecule has 0 spiro atoms. The molecule has 80 valence electrons. The molecule has 2 nitrogen and oxygen atoms in total. The maximum absolute atomic E-state index is 6.22. The van der Waals surface area contributed by atoms with E-state index in [0.717, 1.165) is 0 Å². The van der Waals surface area contributed by atoms with Crippen molar-refractivity contribution in [2.75, 3.05) is 0 Å². The van der Waals surface area contributed by atoms with Crippen LogP contribution in [0.5, 0.6) is 0 Å². The monoisotopic (exact) mass is 202 g/mol. The van der Waals surface area contributed by atoms with E-state index >= 15 is 0 Å². The molecule has 2 N–H and O–H groups in total. The van der Waals surface area contributed by atoms with Crippen LogP contribution in [0.25, 0.3) is 10.9 Å². The number of hydrogen-bond donors (Lipinski definition) is 1. The van der Waals surface area contributed by atoms with Gasteiger partial charge in [0.2, 0.25) is 0 Å². The van der Waals surface area contributed by atoms with Crippen LogP contribution in [-0.2, 0) is 12.6 Å². The molecule has 0 fully saturated rings. The largest absolute Gasteiger partial charge is 0.348 e. The Hall–Kier alpha value is -1.28. The van der Waals surface area contributed by atoms with Crippen molar-refractivity contribution in [2.45, 2.75) is 26.3 Å². The molecule has 0 amide bonds. The lowest BCUT2D eigenvalue weighted by Gasteiger charge is -2.19. The SMILES string of the molecule is Cc1c(C(C)(C)N)c2ccccc2n1C. The summed E-state index contributed by atoms with van der Waals surface area (Å²) in [7, 11) is 2.09. The molecule has 1 heterocycles. The number of aryl methyl sites for hydroxylation is 1. The first-order valence-electron chi connectivity index (χ1n) is 5.26. The molecule has 0 aliphatic rings. The van der Waals surface area contributed by atoms with E-state index in [4.69, 9.17) is 5.73 Å². The topological polar surface area (TPSA) is 30.9 Å². The maximum atomic E-state index is 6.22. The molecule has 0 aliphatic heterocycles. The second-order valence-corrected chi connectivity index (χ2v) is 4.76. The van der Waals surface area contributed by atoms with Gasteiger partial charge in [-0.3, -0.25) is 0 Å². The zero-order valence-corrected chi connectivity index (χ0v) is 9.83. The van der Waals surface area contributed by atoms with Gasteiger partial charge in [0, 0.05) is 29.2 Å². The number of fused-ring (bicyclic) bond motifs is 1. The Morgan fingerprint density at radius 2 is 1.80 bits per heavy atom. The van der Waals surface area contributed by atoms with Crippen molar-refractivity contribution in [3.05, 3.63) is 35.5 Å². The van der Waals surface area contributed by atoms with Gasteiger partial charge in [-0.1, -0.05) is 18.2 Å². The first-order valence-corrected chi connectivity index (χ1v) is 5.26. The Bertz CT molecular complexity index is 501. The van der Waals surface area contributed by atoms with Crippen molar-refractivity contribution in [3.63, 3.8) is 0 Å². The molecule has 2 aromatic rings. The van der Waals surface area contributed by atoms with Crippen LogP contribution < -0.4 is 5.73 Å². The van der Waals surface area contributed by atoms with Gasteiger partial charge in [0.1, 0.15) is 0 Å². The van der Waals surface area contributed by atoms with Crippen molar-refractivity contribution >= 4 is 10.9 Å². The van der Waals surface area contributed by atoms with Crippen LogP contribution >= 0.6 is 0 Å². The summed E-state index contributed by atoms with van der Waals surface area (Å²) in [5.41, 5.74) is 9.69. The number of aromatic nitrogens is 1. The average molecular weight is 202 g/mol. The minimum Gasteiger partial charge on any atom is -0.348 e. The summed E-state index contributed by atoms with van der Waals surface area (Å²) >= 11 is 0. The fourth-order valence-corrected chi connectivity index (χ4v) is 2.33. The van der Waals surface area contributed by atoms with Gasteiger partial charge in [-0.15, -0.1) is 0 Å². The van der Waals surface area contributed by atoms with Crippen molar-refractivity contribution < 1.29 is 0 Å². The Balaban J connectivity index is 2.90. The van der Waals surface area contributed by atoms with Crippen molar-refractivity contribution in [1.29, 1.82) is 0 Å². The molecule has 0 saturated heterocycles. The van der Waals surface area contributed by atoms with E-state index in [0.29, 0.717) is 0 Å². The Kier molecular flexibility index (Phi) is 2.12. The van der Waals surface area contributed by atoms with Gasteiger partial charge in [-0.05, 0) is 32.4 Å². The first-order chi connectivity index (χ1) is 6.93. The molecule has 1 aromatic carbocycles. The predicted molar refractivity (Wildman–Crippen MR) is 64.9 cm³/mol. The molecule has 0 saturated carbocycles. The van der Waals surface area contributed by atoms with E-state index in [1.807, 2.05) is 0 Å². The van der Waals surface area contributed by atoms with Crippen LogP contribution in [0.2, 0.25) is 0 Å². The smallest absolute Gasteiger partial charge is 0.0483 e. The molecule has 2 heteroatoms. The molecule has 1 aromatic heterocycles. The van der Waals surface area contributed by atoms with E-state index in [9.17, 15) is 0 Å². The predicted octanol–water partition coefficient (Wildman–Crippen LogP) is 2.68. The minimum atomic E-state index is -0.287. The van der Waals surface area contributed by atoms with Gasteiger partial charge in [0.05, 0.1) is 0 Å². The highest BCUT2D eigenvalue weighted by molar-refractivity contribution is 5.86. The van der Waals surface area contributed by atoms with Crippen LogP contribution in [0.4, 0.5) is 0 Å². The highest BCUT2D eigenvalue weighted by atomic mass is 15.0. The van der Waals surface area contributed by atoms with E-state index in [1.165, 1.54) is 22.2 Å². The number of para-hydroxylation sites is 1. The van der Waals surface area contributed by atoms with Crippen LogP contribution in [0.15, 0.2) is 24.3 Å². The maximum Gasteiger partial charge on any atom is 0.0483 e. The highest BCUT2D eigenvalue weighted by Crippen LogP contribution is 2.31. The Morgan fingerprint density at radius 3 is 2.40 bits per heavy atom. The van der Waals surface area contributed by atoms with Crippen molar-refractivity contribution in [3.8, 4) is 0 Å². The van der Waals surface area contributed by atoms with Crippen LogP contribution in [0.3, 0.4) is 0 Å². The third kappa shape index (κ3) is 1.45. The Morgan fingerprint density at radius 1 is 1.20 bits per heavy atom.